The van der Waals surface area contributed by atoms with Gasteiger partial charge < -0.3 is 19.3 Å². The Labute approximate surface area is 152 Å². The zero-order chi connectivity index (χ0) is 18.2. The monoisotopic (exact) mass is 363 g/mol. The molecule has 26 heavy (non-hydrogen) atoms. The Kier molecular flexibility index (Phi) is 3.56. The minimum Gasteiger partial charge on any atom is -0.462 e. The second-order valence-corrected chi connectivity index (χ2v) is 8.57. The molecule has 0 radical (unpaired) electrons. The van der Waals surface area contributed by atoms with Crippen LogP contribution < -0.4 is 0 Å². The van der Waals surface area contributed by atoms with E-state index in [1.165, 1.54) is 0 Å². The highest BCUT2D eigenvalue weighted by atomic mass is 16.6. The second kappa shape index (κ2) is 5.53. The summed E-state index contributed by atoms with van der Waals surface area (Å²) in [7, 11) is 0. The van der Waals surface area contributed by atoms with Crippen LogP contribution in [0.15, 0.2) is 11.6 Å². The molecular formula is C19H25NO6. The van der Waals surface area contributed by atoms with Crippen LogP contribution in [0.3, 0.4) is 0 Å². The third-order valence-electron chi connectivity index (χ3n) is 6.88. The molecule has 5 aliphatic rings. The first-order chi connectivity index (χ1) is 12.4. The van der Waals surface area contributed by atoms with E-state index in [0.29, 0.717) is 12.0 Å². The fraction of sp³-hybridized carbons (Fsp3) is 0.789. The molecular weight excluding hydrogens is 338 g/mol. The largest absolute Gasteiger partial charge is 0.462 e. The van der Waals surface area contributed by atoms with E-state index in [4.69, 9.17) is 14.2 Å². The molecule has 3 saturated heterocycles. The number of nitrogens with zero attached hydrogens (tertiary/aromatic N) is 1. The number of hydrogen-bond donors (Lipinski definition) is 1. The fourth-order valence-electron chi connectivity index (χ4n) is 5.40. The van der Waals surface area contributed by atoms with Gasteiger partial charge >= 0.3 is 11.9 Å². The first kappa shape index (κ1) is 16.7. The zero-order valence-electron chi connectivity index (χ0n) is 15.1. The van der Waals surface area contributed by atoms with Crippen molar-refractivity contribution in [3.63, 3.8) is 0 Å². The Morgan fingerprint density at radius 2 is 1.96 bits per heavy atom. The first-order valence-electron chi connectivity index (χ1n) is 9.62. The molecule has 0 aromatic carbocycles. The van der Waals surface area contributed by atoms with E-state index in [9.17, 15) is 14.7 Å². The topological polar surface area (TPSA) is 88.6 Å². The molecule has 5 rings (SSSR count). The number of epoxide rings is 1. The summed E-state index contributed by atoms with van der Waals surface area (Å²) in [5.74, 6) is -1.18. The summed E-state index contributed by atoms with van der Waals surface area (Å²) >= 11 is 0. The second-order valence-electron chi connectivity index (χ2n) is 8.57. The lowest BCUT2D eigenvalue weighted by Gasteiger charge is -2.31. The normalized spacial score (nSPS) is 50.6. The van der Waals surface area contributed by atoms with Crippen LogP contribution in [0.1, 0.15) is 33.1 Å². The summed E-state index contributed by atoms with van der Waals surface area (Å²) in [6, 6.07) is -0.410. The van der Waals surface area contributed by atoms with Crippen molar-refractivity contribution in [1.82, 2.24) is 4.90 Å². The van der Waals surface area contributed by atoms with Crippen LogP contribution in [0.5, 0.6) is 0 Å². The van der Waals surface area contributed by atoms with Gasteiger partial charge in [0.15, 0.2) is 0 Å². The van der Waals surface area contributed by atoms with Gasteiger partial charge in [-0.05, 0) is 38.9 Å². The molecule has 0 saturated carbocycles. The lowest BCUT2D eigenvalue weighted by atomic mass is 9.79. The molecule has 2 bridgehead atoms. The lowest BCUT2D eigenvalue weighted by Crippen LogP contribution is -2.48. The number of carbonyl (C=O) groups is 2. The molecule has 0 aromatic heterocycles. The molecule has 0 spiro atoms. The zero-order valence-corrected chi connectivity index (χ0v) is 15.1. The highest BCUT2D eigenvalue weighted by Crippen LogP contribution is 2.50. The third-order valence-corrected chi connectivity index (χ3v) is 6.88. The smallest absolute Gasteiger partial charge is 0.336 e. The molecule has 1 aliphatic carbocycles. The maximum Gasteiger partial charge on any atom is 0.336 e. The van der Waals surface area contributed by atoms with Crippen molar-refractivity contribution in [3.05, 3.63) is 11.6 Å². The van der Waals surface area contributed by atoms with Crippen molar-refractivity contribution >= 4 is 11.9 Å². The van der Waals surface area contributed by atoms with Gasteiger partial charge in [-0.1, -0.05) is 6.92 Å². The van der Waals surface area contributed by atoms with Gasteiger partial charge in [-0.15, -0.1) is 0 Å². The quantitative estimate of drug-likeness (QED) is 0.533. The van der Waals surface area contributed by atoms with Crippen LogP contribution in [0.25, 0.3) is 0 Å². The Balaban J connectivity index is 1.57. The van der Waals surface area contributed by atoms with Crippen molar-refractivity contribution in [2.24, 2.45) is 11.8 Å². The SMILES string of the molecule is CC1C(=O)OC2CC3(C)OC3C(O)C(N3CCCC3)C3=CC(OC3=O)C21. The summed E-state index contributed by atoms with van der Waals surface area (Å²) in [6.45, 7) is 5.49. The predicted molar refractivity (Wildman–Crippen MR) is 89.0 cm³/mol. The van der Waals surface area contributed by atoms with Gasteiger partial charge in [0.05, 0.1) is 23.1 Å². The van der Waals surface area contributed by atoms with E-state index in [1.54, 1.807) is 0 Å². The Hall–Kier alpha value is -1.44. The molecule has 7 heteroatoms. The van der Waals surface area contributed by atoms with Crippen LogP contribution in [0.2, 0.25) is 0 Å². The van der Waals surface area contributed by atoms with E-state index in [2.05, 4.69) is 4.90 Å². The summed E-state index contributed by atoms with van der Waals surface area (Å²) in [5, 5.41) is 11.1. The van der Waals surface area contributed by atoms with Gasteiger partial charge in [0.1, 0.15) is 24.4 Å². The molecule has 4 aliphatic heterocycles. The van der Waals surface area contributed by atoms with Crippen LogP contribution in [-0.2, 0) is 23.8 Å². The van der Waals surface area contributed by atoms with Gasteiger partial charge in [-0.2, -0.15) is 0 Å². The summed E-state index contributed by atoms with van der Waals surface area (Å²) in [4.78, 5) is 27.0. The number of carbonyl (C=O) groups excluding carboxylic acids is 2. The van der Waals surface area contributed by atoms with Crippen molar-refractivity contribution in [2.45, 2.75) is 69.2 Å². The number of rotatable bonds is 1. The van der Waals surface area contributed by atoms with Crippen LogP contribution >= 0.6 is 0 Å². The highest BCUT2D eigenvalue weighted by Gasteiger charge is 2.64. The van der Waals surface area contributed by atoms with Crippen LogP contribution in [0, 0.1) is 11.8 Å². The number of esters is 2. The average Bonchev–Trinajstić information content (AvgIpc) is 2.96. The van der Waals surface area contributed by atoms with E-state index >= 15 is 0 Å². The molecule has 8 unspecified atom stereocenters. The molecule has 0 amide bonds. The summed E-state index contributed by atoms with van der Waals surface area (Å²) < 4.78 is 17.2. The van der Waals surface area contributed by atoms with Gasteiger partial charge in [-0.25, -0.2) is 4.79 Å². The van der Waals surface area contributed by atoms with Gasteiger partial charge in [-0.3, -0.25) is 9.69 Å². The Bertz CT molecular complexity index is 686. The fourth-order valence-corrected chi connectivity index (χ4v) is 5.40. The van der Waals surface area contributed by atoms with Crippen LogP contribution in [0.4, 0.5) is 0 Å². The minimum atomic E-state index is -0.804. The molecule has 3 fully saturated rings. The van der Waals surface area contributed by atoms with Crippen molar-refractivity contribution in [3.8, 4) is 0 Å². The van der Waals surface area contributed by atoms with Crippen molar-refractivity contribution < 1.29 is 28.9 Å². The maximum atomic E-state index is 12.7. The third kappa shape index (κ3) is 2.30. The summed E-state index contributed by atoms with van der Waals surface area (Å²) in [5.41, 5.74) is -0.0279. The van der Waals surface area contributed by atoms with Gasteiger partial charge in [0.25, 0.3) is 0 Å². The van der Waals surface area contributed by atoms with Crippen molar-refractivity contribution in [2.75, 3.05) is 13.1 Å². The van der Waals surface area contributed by atoms with Gasteiger partial charge in [0.2, 0.25) is 0 Å². The number of ether oxygens (including phenoxy) is 3. The number of fused-ring (bicyclic) bond motifs is 4. The molecule has 0 aromatic rings. The Morgan fingerprint density at radius 3 is 2.69 bits per heavy atom. The van der Waals surface area contributed by atoms with E-state index in [1.807, 2.05) is 19.9 Å². The predicted octanol–water partition coefficient (Wildman–Crippen LogP) is 0.402. The maximum absolute atomic E-state index is 12.7. The number of aliphatic hydroxyl groups excluding tert-OH is 1. The molecule has 7 nitrogen and oxygen atoms in total. The van der Waals surface area contributed by atoms with E-state index < -0.39 is 23.9 Å². The number of aliphatic hydroxyl groups is 1. The van der Waals surface area contributed by atoms with Gasteiger partial charge in [0, 0.05) is 12.3 Å². The molecule has 8 atom stereocenters. The highest BCUT2D eigenvalue weighted by molar-refractivity contribution is 5.92. The molecule has 4 heterocycles. The lowest BCUT2D eigenvalue weighted by molar-refractivity contribution is -0.144. The number of likely N-dealkylation sites (tertiary alicyclic amines) is 1. The molecule has 142 valence electrons. The standard InChI is InChI=1S/C19H25NO6/c1-9-13-11-7-10(18(23)24-11)14(20-5-3-4-6-20)15(21)16-19(2,26-16)8-12(13)25-17(9)22/h7,9,11-16,21H,3-6,8H2,1-2H3. The number of hydrogen-bond acceptors (Lipinski definition) is 7. The molecule has 1 N–H and O–H groups in total. The Morgan fingerprint density at radius 1 is 1.23 bits per heavy atom. The van der Waals surface area contributed by atoms with E-state index in [-0.39, 0.29) is 36.0 Å². The van der Waals surface area contributed by atoms with Crippen molar-refractivity contribution in [1.29, 1.82) is 0 Å². The van der Waals surface area contributed by atoms with Crippen LogP contribution in [-0.4, -0.2) is 71.1 Å². The minimum absolute atomic E-state index is 0.208. The summed E-state index contributed by atoms with van der Waals surface area (Å²) in [6.07, 6.45) is 2.44. The first-order valence-corrected chi connectivity index (χ1v) is 9.62. The van der Waals surface area contributed by atoms with E-state index in [0.717, 1.165) is 25.9 Å². The average molecular weight is 363 g/mol.